The van der Waals surface area contributed by atoms with Gasteiger partial charge in [0.05, 0.1) is 5.25 Å². The van der Waals surface area contributed by atoms with E-state index in [9.17, 15) is 8.42 Å². The van der Waals surface area contributed by atoms with Crippen LogP contribution in [0.15, 0.2) is 0 Å². The van der Waals surface area contributed by atoms with Crippen molar-refractivity contribution in [2.24, 2.45) is 0 Å². The Morgan fingerprint density at radius 3 is 2.50 bits per heavy atom. The zero-order valence-corrected chi connectivity index (χ0v) is 10.6. The average molecular weight is 246 g/mol. The van der Waals surface area contributed by atoms with E-state index >= 15 is 0 Å². The highest BCUT2D eigenvalue weighted by atomic mass is 32.2. The summed E-state index contributed by atoms with van der Waals surface area (Å²) in [5, 5.41) is 3.26. The van der Waals surface area contributed by atoms with E-state index in [-0.39, 0.29) is 5.25 Å². The molecule has 0 spiro atoms. The Bertz CT molecular complexity index is 304. The van der Waals surface area contributed by atoms with Crippen LogP contribution in [0.1, 0.15) is 44.9 Å². The summed E-state index contributed by atoms with van der Waals surface area (Å²) in [4.78, 5) is 0. The molecule has 1 aliphatic heterocycles. The van der Waals surface area contributed by atoms with Crippen molar-refractivity contribution in [1.29, 1.82) is 0 Å². The molecule has 0 aromatic carbocycles. The fourth-order valence-electron chi connectivity index (χ4n) is 2.70. The van der Waals surface area contributed by atoms with E-state index in [0.717, 1.165) is 38.6 Å². The number of hydrogen-bond donors (Lipinski definition) is 2. The second-order valence-corrected chi connectivity index (χ2v) is 6.97. The van der Waals surface area contributed by atoms with Crippen LogP contribution < -0.4 is 10.0 Å². The van der Waals surface area contributed by atoms with Gasteiger partial charge in [-0.15, -0.1) is 0 Å². The predicted molar refractivity (Wildman–Crippen MR) is 64.8 cm³/mol. The Kier molecular flexibility index (Phi) is 4.21. The van der Waals surface area contributed by atoms with Crippen LogP contribution in [0, 0.1) is 0 Å². The van der Waals surface area contributed by atoms with Gasteiger partial charge >= 0.3 is 0 Å². The number of sulfonamides is 1. The second-order valence-electron chi connectivity index (χ2n) is 4.93. The van der Waals surface area contributed by atoms with E-state index in [0.29, 0.717) is 12.6 Å². The zero-order valence-electron chi connectivity index (χ0n) is 9.74. The smallest absolute Gasteiger partial charge is 0.214 e. The quantitative estimate of drug-likeness (QED) is 0.760. The second kappa shape index (κ2) is 5.47. The summed E-state index contributed by atoms with van der Waals surface area (Å²) in [5.74, 6) is 0. The summed E-state index contributed by atoms with van der Waals surface area (Å²) in [6.07, 6.45) is 7.15. The van der Waals surface area contributed by atoms with Gasteiger partial charge in [-0.2, -0.15) is 0 Å². The molecule has 0 aromatic heterocycles. The van der Waals surface area contributed by atoms with Crippen LogP contribution in [-0.4, -0.2) is 32.8 Å². The molecule has 2 rings (SSSR count). The van der Waals surface area contributed by atoms with Gasteiger partial charge in [0.1, 0.15) is 0 Å². The van der Waals surface area contributed by atoms with E-state index in [1.54, 1.807) is 0 Å². The first-order chi connectivity index (χ1) is 7.68. The fourth-order valence-corrected chi connectivity index (χ4v) is 4.29. The molecule has 0 unspecified atom stereocenters. The van der Waals surface area contributed by atoms with Crippen LogP contribution >= 0.6 is 0 Å². The summed E-state index contributed by atoms with van der Waals surface area (Å²) in [6.45, 7) is 1.68. The fraction of sp³-hybridized carbons (Fsp3) is 1.00. The average Bonchev–Trinajstić information content (AvgIpc) is 2.90. The maximum absolute atomic E-state index is 11.9. The van der Waals surface area contributed by atoms with Gasteiger partial charge in [-0.3, -0.25) is 0 Å². The summed E-state index contributed by atoms with van der Waals surface area (Å²) >= 11 is 0. The lowest BCUT2D eigenvalue weighted by Crippen LogP contribution is -2.35. The van der Waals surface area contributed by atoms with Crippen LogP contribution in [0.25, 0.3) is 0 Å². The Labute approximate surface area is 98.2 Å². The molecule has 94 valence electrons. The van der Waals surface area contributed by atoms with Crippen molar-refractivity contribution < 1.29 is 8.42 Å². The lowest BCUT2D eigenvalue weighted by atomic mass is 10.2. The molecule has 5 heteroatoms. The Morgan fingerprint density at radius 1 is 1.12 bits per heavy atom. The van der Waals surface area contributed by atoms with Crippen molar-refractivity contribution in [2.45, 2.75) is 56.2 Å². The molecule has 2 fully saturated rings. The van der Waals surface area contributed by atoms with Gasteiger partial charge in [-0.05, 0) is 38.6 Å². The normalized spacial score (nSPS) is 27.6. The Balaban J connectivity index is 1.71. The highest BCUT2D eigenvalue weighted by Crippen LogP contribution is 2.23. The molecule has 1 aliphatic carbocycles. The van der Waals surface area contributed by atoms with Gasteiger partial charge < -0.3 is 5.32 Å². The maximum Gasteiger partial charge on any atom is 0.214 e. The minimum atomic E-state index is -3.03. The topological polar surface area (TPSA) is 58.2 Å². The van der Waals surface area contributed by atoms with E-state index < -0.39 is 10.0 Å². The SMILES string of the molecule is O=S(=O)(NCC[C@H]1CCCN1)C1CCCC1. The molecule has 4 nitrogen and oxygen atoms in total. The van der Waals surface area contributed by atoms with Crippen molar-refractivity contribution in [1.82, 2.24) is 10.0 Å². The molecular formula is C11H22N2O2S. The molecule has 1 saturated carbocycles. The minimum Gasteiger partial charge on any atom is -0.314 e. The van der Waals surface area contributed by atoms with Crippen LogP contribution in [0.2, 0.25) is 0 Å². The van der Waals surface area contributed by atoms with E-state index in [2.05, 4.69) is 10.0 Å². The van der Waals surface area contributed by atoms with Crippen LogP contribution in [-0.2, 0) is 10.0 Å². The highest BCUT2D eigenvalue weighted by Gasteiger charge is 2.28. The van der Waals surface area contributed by atoms with Crippen molar-refractivity contribution in [3.63, 3.8) is 0 Å². The van der Waals surface area contributed by atoms with Gasteiger partial charge in [0.2, 0.25) is 10.0 Å². The van der Waals surface area contributed by atoms with E-state index in [4.69, 9.17) is 0 Å². The maximum atomic E-state index is 11.9. The zero-order chi connectivity index (χ0) is 11.4. The molecule has 1 saturated heterocycles. The highest BCUT2D eigenvalue weighted by molar-refractivity contribution is 7.90. The first kappa shape index (κ1) is 12.3. The number of rotatable bonds is 5. The third kappa shape index (κ3) is 3.18. The molecule has 1 atom stereocenters. The van der Waals surface area contributed by atoms with Gasteiger partial charge in [0.25, 0.3) is 0 Å². The first-order valence-electron chi connectivity index (χ1n) is 6.40. The van der Waals surface area contributed by atoms with Crippen molar-refractivity contribution in [3.05, 3.63) is 0 Å². The predicted octanol–water partition coefficient (Wildman–Crippen LogP) is 0.990. The number of nitrogens with one attached hydrogen (secondary N) is 2. The molecular weight excluding hydrogens is 224 g/mol. The third-order valence-electron chi connectivity index (χ3n) is 3.70. The van der Waals surface area contributed by atoms with Gasteiger partial charge in [-0.25, -0.2) is 13.1 Å². The lowest BCUT2D eigenvalue weighted by Gasteiger charge is -2.14. The molecule has 0 aromatic rings. The summed E-state index contributed by atoms with van der Waals surface area (Å²) in [5.41, 5.74) is 0. The van der Waals surface area contributed by atoms with Gasteiger partial charge in [-0.1, -0.05) is 12.8 Å². The number of hydrogen-bond acceptors (Lipinski definition) is 3. The molecule has 1 heterocycles. The van der Waals surface area contributed by atoms with Crippen LogP contribution in [0.4, 0.5) is 0 Å². The largest absolute Gasteiger partial charge is 0.314 e. The third-order valence-corrected chi connectivity index (χ3v) is 5.66. The first-order valence-corrected chi connectivity index (χ1v) is 7.95. The Morgan fingerprint density at radius 2 is 1.88 bits per heavy atom. The van der Waals surface area contributed by atoms with Crippen molar-refractivity contribution >= 4 is 10.0 Å². The standard InChI is InChI=1S/C11H22N2O2S/c14-16(15,11-5-1-2-6-11)13-9-7-10-4-3-8-12-10/h10-13H,1-9H2/t10-/m1/s1. The van der Waals surface area contributed by atoms with Crippen molar-refractivity contribution in [2.75, 3.05) is 13.1 Å². The molecule has 2 aliphatic rings. The molecule has 0 radical (unpaired) electrons. The monoisotopic (exact) mass is 246 g/mol. The molecule has 2 N–H and O–H groups in total. The molecule has 0 bridgehead atoms. The van der Waals surface area contributed by atoms with E-state index in [1.807, 2.05) is 0 Å². The molecule has 16 heavy (non-hydrogen) atoms. The van der Waals surface area contributed by atoms with Crippen LogP contribution in [0.5, 0.6) is 0 Å². The van der Waals surface area contributed by atoms with E-state index in [1.165, 1.54) is 12.8 Å². The van der Waals surface area contributed by atoms with Crippen LogP contribution in [0.3, 0.4) is 0 Å². The Hall–Kier alpha value is -0.130. The minimum absolute atomic E-state index is 0.121. The summed E-state index contributed by atoms with van der Waals surface area (Å²) in [7, 11) is -3.03. The molecule has 0 amide bonds. The lowest BCUT2D eigenvalue weighted by molar-refractivity contribution is 0.532. The summed E-state index contributed by atoms with van der Waals surface area (Å²) in [6, 6.07) is 0.520. The van der Waals surface area contributed by atoms with Gasteiger partial charge in [0, 0.05) is 12.6 Å². The summed E-state index contributed by atoms with van der Waals surface area (Å²) < 4.78 is 26.5. The van der Waals surface area contributed by atoms with Crippen molar-refractivity contribution in [3.8, 4) is 0 Å². The van der Waals surface area contributed by atoms with Gasteiger partial charge in [0.15, 0.2) is 0 Å².